The second kappa shape index (κ2) is 4.68. The maximum Gasteiger partial charge on any atom is 0.135 e. The third kappa shape index (κ3) is 2.62. The highest BCUT2D eigenvalue weighted by atomic mass is 35.5. The zero-order valence-corrected chi connectivity index (χ0v) is 9.92. The number of phenolic OH excluding ortho intramolecular Hbond substituents is 1. The van der Waals surface area contributed by atoms with Gasteiger partial charge in [0.1, 0.15) is 5.75 Å². The molecule has 0 unspecified atom stereocenters. The molecule has 3 N–H and O–H groups in total. The smallest absolute Gasteiger partial charge is 0.135 e. The van der Waals surface area contributed by atoms with E-state index in [1.807, 2.05) is 30.3 Å². The summed E-state index contributed by atoms with van der Waals surface area (Å²) in [5, 5.41) is 9.82. The van der Waals surface area contributed by atoms with Crippen LogP contribution in [0.15, 0.2) is 52.3 Å². The Balaban J connectivity index is 2.20. The number of nitrogen functional groups attached to an aromatic ring is 1. The van der Waals surface area contributed by atoms with Gasteiger partial charge in [-0.1, -0.05) is 23.4 Å². The summed E-state index contributed by atoms with van der Waals surface area (Å²) in [6.07, 6.45) is 0. The average Bonchev–Trinajstić information content (AvgIpc) is 2.27. The summed E-state index contributed by atoms with van der Waals surface area (Å²) in [4.78, 5) is 2.00. The molecule has 0 heterocycles. The van der Waals surface area contributed by atoms with Crippen LogP contribution in [0.2, 0.25) is 5.02 Å². The lowest BCUT2D eigenvalue weighted by molar-refractivity contribution is 0.474. The molecular weight excluding hydrogens is 242 g/mol. The van der Waals surface area contributed by atoms with Crippen molar-refractivity contribution in [3.05, 3.63) is 47.5 Å². The van der Waals surface area contributed by atoms with Crippen LogP contribution < -0.4 is 5.73 Å². The fourth-order valence-electron chi connectivity index (χ4n) is 1.23. The first-order valence-corrected chi connectivity index (χ1v) is 5.86. The fourth-order valence-corrected chi connectivity index (χ4v) is 2.20. The SMILES string of the molecule is Nc1ccc(Sc2ccc(Cl)c(O)c2)cc1. The van der Waals surface area contributed by atoms with Gasteiger partial charge >= 0.3 is 0 Å². The number of anilines is 1. The van der Waals surface area contributed by atoms with Crippen LogP contribution in [0.3, 0.4) is 0 Å². The van der Waals surface area contributed by atoms with Gasteiger partial charge in [-0.3, -0.25) is 0 Å². The Morgan fingerprint density at radius 3 is 2.25 bits per heavy atom. The molecule has 0 bridgehead atoms. The van der Waals surface area contributed by atoms with Crippen LogP contribution >= 0.6 is 23.4 Å². The predicted molar refractivity (Wildman–Crippen MR) is 68.1 cm³/mol. The molecule has 0 atom stereocenters. The molecule has 0 radical (unpaired) electrons. The zero-order valence-electron chi connectivity index (χ0n) is 8.35. The lowest BCUT2D eigenvalue weighted by atomic mass is 10.3. The molecule has 0 aliphatic heterocycles. The van der Waals surface area contributed by atoms with E-state index in [2.05, 4.69) is 0 Å². The van der Waals surface area contributed by atoms with Gasteiger partial charge < -0.3 is 10.8 Å². The number of hydrogen-bond donors (Lipinski definition) is 2. The average molecular weight is 252 g/mol. The van der Waals surface area contributed by atoms with Crippen molar-refractivity contribution in [3.8, 4) is 5.75 Å². The van der Waals surface area contributed by atoms with Crippen LogP contribution in [0, 0.1) is 0 Å². The lowest BCUT2D eigenvalue weighted by Crippen LogP contribution is -1.82. The molecule has 0 amide bonds. The van der Waals surface area contributed by atoms with Crippen LogP contribution in [0.5, 0.6) is 5.75 Å². The van der Waals surface area contributed by atoms with E-state index >= 15 is 0 Å². The van der Waals surface area contributed by atoms with Gasteiger partial charge in [-0.2, -0.15) is 0 Å². The summed E-state index contributed by atoms with van der Waals surface area (Å²) in [7, 11) is 0. The fraction of sp³-hybridized carbons (Fsp3) is 0. The number of aromatic hydroxyl groups is 1. The summed E-state index contributed by atoms with van der Waals surface area (Å²) in [6.45, 7) is 0. The molecule has 2 aromatic rings. The quantitative estimate of drug-likeness (QED) is 0.799. The molecule has 0 saturated carbocycles. The summed E-state index contributed by atoms with van der Waals surface area (Å²) in [5.74, 6) is 0.0992. The first kappa shape index (κ1) is 11.2. The number of halogens is 1. The minimum atomic E-state index is 0.0992. The molecule has 0 spiro atoms. The lowest BCUT2D eigenvalue weighted by Gasteiger charge is -2.03. The van der Waals surface area contributed by atoms with Crippen LogP contribution in [-0.4, -0.2) is 5.11 Å². The molecular formula is C12H10ClNOS. The van der Waals surface area contributed by atoms with Gasteiger partial charge in [-0.15, -0.1) is 0 Å². The predicted octanol–water partition coefficient (Wildman–Crippen LogP) is 3.78. The summed E-state index contributed by atoms with van der Waals surface area (Å²) >= 11 is 7.27. The molecule has 0 fully saturated rings. The molecule has 2 nitrogen and oxygen atoms in total. The van der Waals surface area contributed by atoms with Gasteiger partial charge in [0.05, 0.1) is 5.02 Å². The number of rotatable bonds is 2. The van der Waals surface area contributed by atoms with E-state index < -0.39 is 0 Å². The summed E-state index contributed by atoms with van der Waals surface area (Å²) < 4.78 is 0. The largest absolute Gasteiger partial charge is 0.506 e. The highest BCUT2D eigenvalue weighted by molar-refractivity contribution is 7.99. The summed E-state index contributed by atoms with van der Waals surface area (Å²) in [6, 6.07) is 12.7. The Kier molecular flexibility index (Phi) is 3.27. The minimum Gasteiger partial charge on any atom is -0.506 e. The topological polar surface area (TPSA) is 46.2 Å². The normalized spacial score (nSPS) is 10.3. The summed E-state index contributed by atoms with van der Waals surface area (Å²) in [5.41, 5.74) is 6.34. The molecule has 0 aromatic heterocycles. The second-order valence-corrected chi connectivity index (χ2v) is 4.84. The zero-order chi connectivity index (χ0) is 11.5. The Morgan fingerprint density at radius 2 is 1.62 bits per heavy atom. The third-order valence-corrected chi connectivity index (χ3v) is 3.35. The van der Waals surface area contributed by atoms with Crippen molar-refractivity contribution in [2.24, 2.45) is 0 Å². The number of nitrogens with two attached hydrogens (primary N) is 1. The van der Waals surface area contributed by atoms with Crippen molar-refractivity contribution in [1.29, 1.82) is 0 Å². The van der Waals surface area contributed by atoms with Gasteiger partial charge in [0.2, 0.25) is 0 Å². The third-order valence-electron chi connectivity index (χ3n) is 2.03. The van der Waals surface area contributed by atoms with E-state index in [0.717, 1.165) is 15.5 Å². The van der Waals surface area contributed by atoms with E-state index in [-0.39, 0.29) is 5.75 Å². The highest BCUT2D eigenvalue weighted by Crippen LogP contribution is 2.33. The van der Waals surface area contributed by atoms with Crippen LogP contribution in [-0.2, 0) is 0 Å². The number of hydrogen-bond acceptors (Lipinski definition) is 3. The minimum absolute atomic E-state index is 0.0992. The Hall–Kier alpha value is -1.32. The molecule has 2 aromatic carbocycles. The molecule has 4 heteroatoms. The van der Waals surface area contributed by atoms with Gasteiger partial charge in [0, 0.05) is 15.5 Å². The monoisotopic (exact) mass is 251 g/mol. The second-order valence-electron chi connectivity index (χ2n) is 3.28. The molecule has 16 heavy (non-hydrogen) atoms. The highest BCUT2D eigenvalue weighted by Gasteiger charge is 2.01. The first-order chi connectivity index (χ1) is 7.65. The van der Waals surface area contributed by atoms with Gasteiger partial charge in [-0.25, -0.2) is 0 Å². The van der Waals surface area contributed by atoms with E-state index in [9.17, 15) is 5.11 Å². The molecule has 82 valence electrons. The Bertz CT molecular complexity index is 499. The van der Waals surface area contributed by atoms with Crippen molar-refractivity contribution in [1.82, 2.24) is 0 Å². The Labute approximate surface area is 103 Å². The van der Waals surface area contributed by atoms with Gasteiger partial charge in [0.25, 0.3) is 0 Å². The molecule has 2 rings (SSSR count). The number of benzene rings is 2. The van der Waals surface area contributed by atoms with Crippen molar-refractivity contribution in [2.75, 3.05) is 5.73 Å². The van der Waals surface area contributed by atoms with Crippen LogP contribution in [0.1, 0.15) is 0 Å². The maximum absolute atomic E-state index is 9.46. The Morgan fingerprint density at radius 1 is 1.00 bits per heavy atom. The van der Waals surface area contributed by atoms with Gasteiger partial charge in [0.15, 0.2) is 0 Å². The van der Waals surface area contributed by atoms with E-state index in [1.165, 1.54) is 0 Å². The molecule has 0 aliphatic carbocycles. The van der Waals surface area contributed by atoms with E-state index in [0.29, 0.717) is 5.02 Å². The van der Waals surface area contributed by atoms with Crippen LogP contribution in [0.25, 0.3) is 0 Å². The molecule has 0 saturated heterocycles. The van der Waals surface area contributed by atoms with Gasteiger partial charge in [-0.05, 0) is 42.5 Å². The van der Waals surface area contributed by atoms with Crippen molar-refractivity contribution in [3.63, 3.8) is 0 Å². The van der Waals surface area contributed by atoms with E-state index in [4.69, 9.17) is 17.3 Å². The van der Waals surface area contributed by atoms with E-state index in [1.54, 1.807) is 23.9 Å². The molecule has 0 aliphatic rings. The maximum atomic E-state index is 9.46. The van der Waals surface area contributed by atoms with Crippen molar-refractivity contribution in [2.45, 2.75) is 9.79 Å². The standard InChI is InChI=1S/C12H10ClNOS/c13-11-6-5-10(7-12(11)15)16-9-3-1-8(14)2-4-9/h1-7,15H,14H2. The van der Waals surface area contributed by atoms with Crippen LogP contribution in [0.4, 0.5) is 5.69 Å². The van der Waals surface area contributed by atoms with Crippen molar-refractivity contribution < 1.29 is 5.11 Å². The van der Waals surface area contributed by atoms with Crippen molar-refractivity contribution >= 4 is 29.1 Å². The number of phenols is 1. The first-order valence-electron chi connectivity index (χ1n) is 4.67.